The Labute approximate surface area is 98.9 Å². The zero-order valence-electron chi connectivity index (χ0n) is 9.97. The van der Waals surface area contributed by atoms with Crippen LogP contribution in [0.4, 0.5) is 11.5 Å². The molecule has 17 heavy (non-hydrogen) atoms. The summed E-state index contributed by atoms with van der Waals surface area (Å²) >= 11 is 0. The van der Waals surface area contributed by atoms with Gasteiger partial charge in [-0.2, -0.15) is 4.98 Å². The van der Waals surface area contributed by atoms with Crippen molar-refractivity contribution in [1.29, 1.82) is 0 Å². The molecule has 1 heterocycles. The minimum atomic E-state index is -0.494. The molecule has 0 amide bonds. The summed E-state index contributed by atoms with van der Waals surface area (Å²) in [4.78, 5) is 14.3. The van der Waals surface area contributed by atoms with Crippen molar-refractivity contribution in [2.45, 2.75) is 13.0 Å². The Balaban J connectivity index is 2.89. The van der Waals surface area contributed by atoms with E-state index in [1.807, 2.05) is 6.92 Å². The van der Waals surface area contributed by atoms with Crippen molar-refractivity contribution in [2.75, 3.05) is 26.1 Å². The molecule has 0 saturated heterocycles. The van der Waals surface area contributed by atoms with Gasteiger partial charge in [0.05, 0.1) is 18.1 Å². The van der Waals surface area contributed by atoms with E-state index in [-0.39, 0.29) is 17.6 Å². The van der Waals surface area contributed by atoms with Crippen LogP contribution in [-0.2, 0) is 4.74 Å². The van der Waals surface area contributed by atoms with Crippen LogP contribution in [0.2, 0.25) is 0 Å². The van der Waals surface area contributed by atoms with Crippen molar-refractivity contribution in [2.24, 2.45) is 0 Å². The largest absolute Gasteiger partial charge is 0.481 e. The minimum Gasteiger partial charge on any atom is -0.481 e. The number of aromatic nitrogens is 1. The van der Waals surface area contributed by atoms with Gasteiger partial charge in [-0.3, -0.25) is 10.1 Å². The van der Waals surface area contributed by atoms with E-state index in [1.165, 1.54) is 19.2 Å². The van der Waals surface area contributed by atoms with Crippen LogP contribution in [-0.4, -0.2) is 36.8 Å². The quantitative estimate of drug-likeness (QED) is 0.599. The molecule has 0 aliphatic carbocycles. The lowest BCUT2D eigenvalue weighted by atomic mass is 10.3. The fourth-order valence-corrected chi connectivity index (χ4v) is 1.15. The molecule has 1 N–H and O–H groups in total. The van der Waals surface area contributed by atoms with Crippen LogP contribution in [0.15, 0.2) is 12.1 Å². The summed E-state index contributed by atoms with van der Waals surface area (Å²) in [5, 5.41) is 13.7. The molecule has 1 rings (SSSR count). The number of pyridine rings is 1. The summed E-state index contributed by atoms with van der Waals surface area (Å²) in [7, 11) is 3.02. The van der Waals surface area contributed by atoms with Gasteiger partial charge in [0, 0.05) is 25.8 Å². The number of nitro groups is 1. The number of ether oxygens (including phenoxy) is 2. The van der Waals surface area contributed by atoms with Crippen LogP contribution in [0.25, 0.3) is 0 Å². The normalized spacial score (nSPS) is 11.9. The Morgan fingerprint density at radius 2 is 2.24 bits per heavy atom. The maximum absolute atomic E-state index is 10.8. The fraction of sp³-hybridized carbons (Fsp3) is 0.500. The van der Waals surface area contributed by atoms with Gasteiger partial charge in [-0.1, -0.05) is 0 Å². The number of nitrogens with zero attached hydrogens (tertiary/aromatic N) is 2. The second kappa shape index (κ2) is 6.00. The second-order valence-electron chi connectivity index (χ2n) is 3.41. The van der Waals surface area contributed by atoms with Crippen LogP contribution < -0.4 is 10.1 Å². The Morgan fingerprint density at radius 1 is 1.53 bits per heavy atom. The lowest BCUT2D eigenvalue weighted by Crippen LogP contribution is -2.19. The van der Waals surface area contributed by atoms with E-state index >= 15 is 0 Å². The topological polar surface area (TPSA) is 86.5 Å². The van der Waals surface area contributed by atoms with Crippen molar-refractivity contribution < 1.29 is 14.4 Å². The first kappa shape index (κ1) is 13.2. The van der Waals surface area contributed by atoms with Crippen LogP contribution >= 0.6 is 0 Å². The summed E-state index contributed by atoms with van der Waals surface area (Å²) in [5.74, 6) is 0.501. The number of anilines is 1. The summed E-state index contributed by atoms with van der Waals surface area (Å²) in [5.41, 5.74) is -0.0888. The molecule has 1 atom stereocenters. The predicted octanol–water partition coefficient (Wildman–Crippen LogP) is 1.45. The SMILES string of the molecule is COc1ccc([N+](=O)[O-])c(NCC(C)OC)n1. The molecule has 0 bridgehead atoms. The number of nitrogens with one attached hydrogen (secondary N) is 1. The van der Waals surface area contributed by atoms with Crippen molar-refractivity contribution in [3.63, 3.8) is 0 Å². The number of methoxy groups -OCH3 is 2. The van der Waals surface area contributed by atoms with Gasteiger partial charge in [0.1, 0.15) is 0 Å². The van der Waals surface area contributed by atoms with Gasteiger partial charge >= 0.3 is 5.69 Å². The molecule has 7 nitrogen and oxygen atoms in total. The monoisotopic (exact) mass is 241 g/mol. The number of rotatable bonds is 6. The Hall–Kier alpha value is -1.89. The third kappa shape index (κ3) is 3.56. The van der Waals surface area contributed by atoms with E-state index in [9.17, 15) is 10.1 Å². The third-order valence-electron chi connectivity index (χ3n) is 2.21. The lowest BCUT2D eigenvalue weighted by molar-refractivity contribution is -0.384. The summed E-state index contributed by atoms with van der Waals surface area (Å²) < 4.78 is 9.96. The maximum Gasteiger partial charge on any atom is 0.311 e. The van der Waals surface area contributed by atoms with E-state index < -0.39 is 4.92 Å². The zero-order chi connectivity index (χ0) is 12.8. The van der Waals surface area contributed by atoms with E-state index in [0.29, 0.717) is 12.4 Å². The van der Waals surface area contributed by atoms with Gasteiger partial charge in [-0.15, -0.1) is 0 Å². The predicted molar refractivity (Wildman–Crippen MR) is 62.4 cm³/mol. The molecule has 0 aliphatic heterocycles. The van der Waals surface area contributed by atoms with Crippen LogP contribution in [0.3, 0.4) is 0 Å². The van der Waals surface area contributed by atoms with Crippen LogP contribution in [0.1, 0.15) is 6.92 Å². The average molecular weight is 241 g/mol. The molecule has 0 fully saturated rings. The zero-order valence-corrected chi connectivity index (χ0v) is 9.97. The standard InChI is InChI=1S/C10H15N3O4/c1-7(16-2)6-11-10-8(13(14)15)4-5-9(12-10)17-3/h4-5,7H,6H2,1-3H3,(H,11,12). The minimum absolute atomic E-state index is 0.0670. The highest BCUT2D eigenvalue weighted by atomic mass is 16.6. The highest BCUT2D eigenvalue weighted by Crippen LogP contribution is 2.24. The Kier molecular flexibility index (Phi) is 4.65. The van der Waals surface area contributed by atoms with Crippen LogP contribution in [0.5, 0.6) is 5.88 Å². The Morgan fingerprint density at radius 3 is 2.76 bits per heavy atom. The molecule has 94 valence electrons. The molecule has 0 radical (unpaired) electrons. The van der Waals surface area contributed by atoms with E-state index in [0.717, 1.165) is 0 Å². The smallest absolute Gasteiger partial charge is 0.311 e. The molecule has 0 aromatic carbocycles. The maximum atomic E-state index is 10.8. The highest BCUT2D eigenvalue weighted by Gasteiger charge is 2.16. The van der Waals surface area contributed by atoms with E-state index in [1.54, 1.807) is 7.11 Å². The highest BCUT2D eigenvalue weighted by molar-refractivity contribution is 5.57. The van der Waals surface area contributed by atoms with Gasteiger partial charge < -0.3 is 14.8 Å². The van der Waals surface area contributed by atoms with Gasteiger partial charge in [0.2, 0.25) is 11.7 Å². The molecule has 7 heteroatoms. The molecule has 0 aliphatic rings. The number of hydrogen-bond acceptors (Lipinski definition) is 6. The first-order valence-electron chi connectivity index (χ1n) is 5.04. The van der Waals surface area contributed by atoms with Crippen molar-refractivity contribution in [1.82, 2.24) is 4.98 Å². The molecule has 0 spiro atoms. The number of hydrogen-bond donors (Lipinski definition) is 1. The van der Waals surface area contributed by atoms with Crippen molar-refractivity contribution >= 4 is 11.5 Å². The van der Waals surface area contributed by atoms with E-state index in [4.69, 9.17) is 9.47 Å². The summed E-state index contributed by atoms with van der Waals surface area (Å²) in [6.45, 7) is 2.27. The molecule has 0 saturated carbocycles. The van der Waals surface area contributed by atoms with Gasteiger partial charge in [0.25, 0.3) is 0 Å². The van der Waals surface area contributed by atoms with Crippen LogP contribution in [0, 0.1) is 10.1 Å². The molecular formula is C10H15N3O4. The first-order chi connectivity index (χ1) is 8.08. The van der Waals surface area contributed by atoms with Crippen molar-refractivity contribution in [3.05, 3.63) is 22.2 Å². The first-order valence-corrected chi connectivity index (χ1v) is 5.04. The summed E-state index contributed by atoms with van der Waals surface area (Å²) in [6, 6.07) is 2.80. The molecule has 1 unspecified atom stereocenters. The Bertz CT molecular complexity index is 397. The van der Waals surface area contributed by atoms with Crippen molar-refractivity contribution in [3.8, 4) is 5.88 Å². The molecule has 1 aromatic rings. The van der Waals surface area contributed by atoms with Gasteiger partial charge in [0.15, 0.2) is 0 Å². The molecular weight excluding hydrogens is 226 g/mol. The summed E-state index contributed by atoms with van der Waals surface area (Å²) in [6.07, 6.45) is -0.0670. The van der Waals surface area contributed by atoms with Gasteiger partial charge in [-0.05, 0) is 6.92 Å². The third-order valence-corrected chi connectivity index (χ3v) is 2.21. The lowest BCUT2D eigenvalue weighted by Gasteiger charge is -2.11. The molecule has 1 aromatic heterocycles. The average Bonchev–Trinajstić information content (AvgIpc) is 2.35. The second-order valence-corrected chi connectivity index (χ2v) is 3.41. The van der Waals surface area contributed by atoms with E-state index in [2.05, 4.69) is 10.3 Å². The fourth-order valence-electron chi connectivity index (χ4n) is 1.15. The van der Waals surface area contributed by atoms with Gasteiger partial charge in [-0.25, -0.2) is 0 Å².